The molecule has 0 heterocycles. The Morgan fingerprint density at radius 2 is 1.92 bits per heavy atom. The summed E-state index contributed by atoms with van der Waals surface area (Å²) >= 11 is 0. The second-order valence-corrected chi connectivity index (χ2v) is 6.14. The summed E-state index contributed by atoms with van der Waals surface area (Å²) in [6, 6.07) is 13.3. The van der Waals surface area contributed by atoms with Crippen molar-refractivity contribution in [1.82, 2.24) is 15.5 Å². The van der Waals surface area contributed by atoms with Crippen LogP contribution in [0, 0.1) is 5.82 Å². The van der Waals surface area contributed by atoms with Crippen molar-refractivity contribution in [3.8, 4) is 0 Å². The predicted molar refractivity (Wildman–Crippen MR) is 95.4 cm³/mol. The van der Waals surface area contributed by atoms with Gasteiger partial charge in [-0.05, 0) is 31.3 Å². The molecule has 0 aliphatic rings. The van der Waals surface area contributed by atoms with Crippen LogP contribution in [0.3, 0.4) is 0 Å². The Balaban J connectivity index is 1.90. The van der Waals surface area contributed by atoms with Crippen LogP contribution in [0.5, 0.6) is 0 Å². The maximum Gasteiger partial charge on any atom is 0.315 e. The molecule has 0 saturated carbocycles. The zero-order valence-corrected chi connectivity index (χ0v) is 14.5. The van der Waals surface area contributed by atoms with Gasteiger partial charge >= 0.3 is 6.03 Å². The van der Waals surface area contributed by atoms with E-state index in [0.717, 1.165) is 5.56 Å². The highest BCUT2D eigenvalue weighted by Gasteiger charge is 2.13. The van der Waals surface area contributed by atoms with Gasteiger partial charge in [-0.25, -0.2) is 9.18 Å². The van der Waals surface area contributed by atoms with E-state index in [2.05, 4.69) is 10.6 Å². The minimum absolute atomic E-state index is 0.203. The lowest BCUT2D eigenvalue weighted by molar-refractivity contribution is 0.216. The Kier molecular flexibility index (Phi) is 6.91. The molecule has 3 N–H and O–H groups in total. The van der Waals surface area contributed by atoms with E-state index in [4.69, 9.17) is 0 Å². The van der Waals surface area contributed by atoms with E-state index in [-0.39, 0.29) is 19.0 Å². The average molecular weight is 345 g/mol. The standard InChI is InChI=1S/C19H24FN3O2/c1-23(2)12-16-9-8-14(10-17(16)20)11-21-19(25)22-18(13-24)15-6-4-3-5-7-15/h3-10,18,24H,11-13H2,1-2H3,(H2,21,22,25)/t18-/m1/s1. The number of nitrogens with zero attached hydrogens (tertiary/aromatic N) is 1. The Labute approximate surface area is 147 Å². The fraction of sp³-hybridized carbons (Fsp3) is 0.316. The number of hydrogen-bond donors (Lipinski definition) is 3. The Bertz CT molecular complexity index is 692. The molecule has 2 amide bonds. The highest BCUT2D eigenvalue weighted by molar-refractivity contribution is 5.74. The fourth-order valence-corrected chi connectivity index (χ4v) is 2.48. The van der Waals surface area contributed by atoms with Gasteiger partial charge in [0.1, 0.15) is 5.82 Å². The lowest BCUT2D eigenvalue weighted by atomic mass is 10.1. The molecule has 1 atom stereocenters. The molecule has 0 bridgehead atoms. The average Bonchev–Trinajstić information content (AvgIpc) is 2.60. The number of hydrogen-bond acceptors (Lipinski definition) is 3. The van der Waals surface area contributed by atoms with Crippen molar-refractivity contribution < 1.29 is 14.3 Å². The fourth-order valence-electron chi connectivity index (χ4n) is 2.48. The molecule has 5 nitrogen and oxygen atoms in total. The van der Waals surface area contributed by atoms with Gasteiger partial charge in [-0.3, -0.25) is 0 Å². The number of carbonyl (C=O) groups excluding carboxylic acids is 1. The molecular weight excluding hydrogens is 321 g/mol. The SMILES string of the molecule is CN(C)Cc1ccc(CNC(=O)N[C@H](CO)c2ccccc2)cc1F. The van der Waals surface area contributed by atoms with Gasteiger partial charge in [0.05, 0.1) is 12.6 Å². The van der Waals surface area contributed by atoms with Crippen molar-refractivity contribution in [2.45, 2.75) is 19.1 Å². The van der Waals surface area contributed by atoms with Crippen LogP contribution >= 0.6 is 0 Å². The first-order valence-corrected chi connectivity index (χ1v) is 8.11. The summed E-state index contributed by atoms with van der Waals surface area (Å²) < 4.78 is 14.0. The number of urea groups is 1. The van der Waals surface area contributed by atoms with Crippen molar-refractivity contribution in [1.29, 1.82) is 0 Å². The number of aliphatic hydroxyl groups excluding tert-OH is 1. The molecule has 2 rings (SSSR count). The van der Waals surface area contributed by atoms with Crippen molar-refractivity contribution in [3.63, 3.8) is 0 Å². The van der Waals surface area contributed by atoms with Crippen molar-refractivity contribution >= 4 is 6.03 Å². The largest absolute Gasteiger partial charge is 0.394 e. The number of halogens is 1. The summed E-state index contributed by atoms with van der Waals surface area (Å²) in [4.78, 5) is 13.9. The minimum Gasteiger partial charge on any atom is -0.394 e. The molecule has 0 unspecified atom stereocenters. The van der Waals surface area contributed by atoms with E-state index in [1.165, 1.54) is 6.07 Å². The third-order valence-electron chi connectivity index (χ3n) is 3.75. The van der Waals surface area contributed by atoms with Crippen LogP contribution in [0.15, 0.2) is 48.5 Å². The van der Waals surface area contributed by atoms with E-state index >= 15 is 0 Å². The molecule has 0 fully saturated rings. The van der Waals surface area contributed by atoms with E-state index in [1.807, 2.05) is 49.3 Å². The normalized spacial score (nSPS) is 12.0. The maximum atomic E-state index is 14.0. The number of amides is 2. The number of aliphatic hydroxyl groups is 1. The van der Waals surface area contributed by atoms with Crippen LogP contribution < -0.4 is 10.6 Å². The van der Waals surface area contributed by atoms with Crippen molar-refractivity contribution in [3.05, 3.63) is 71.0 Å². The van der Waals surface area contributed by atoms with Gasteiger partial charge in [0.25, 0.3) is 0 Å². The number of benzene rings is 2. The number of rotatable bonds is 7. The Morgan fingerprint density at radius 1 is 1.20 bits per heavy atom. The first-order valence-electron chi connectivity index (χ1n) is 8.11. The predicted octanol–water partition coefficient (Wildman–Crippen LogP) is 2.42. The van der Waals surface area contributed by atoms with E-state index in [1.54, 1.807) is 12.1 Å². The molecule has 0 aliphatic carbocycles. The summed E-state index contributed by atoms with van der Waals surface area (Å²) in [5.74, 6) is -0.286. The molecule has 2 aromatic rings. The first kappa shape index (κ1) is 18.9. The monoisotopic (exact) mass is 345 g/mol. The second-order valence-electron chi connectivity index (χ2n) is 6.14. The zero-order chi connectivity index (χ0) is 18.2. The topological polar surface area (TPSA) is 64.6 Å². The lowest BCUT2D eigenvalue weighted by Gasteiger charge is -2.17. The smallest absolute Gasteiger partial charge is 0.315 e. The quantitative estimate of drug-likeness (QED) is 0.722. The lowest BCUT2D eigenvalue weighted by Crippen LogP contribution is -2.38. The molecule has 6 heteroatoms. The molecule has 0 radical (unpaired) electrons. The highest BCUT2D eigenvalue weighted by atomic mass is 19.1. The number of carbonyl (C=O) groups is 1. The zero-order valence-electron chi connectivity index (χ0n) is 14.5. The molecule has 0 aliphatic heterocycles. The van der Waals surface area contributed by atoms with Crippen molar-refractivity contribution in [2.75, 3.05) is 20.7 Å². The molecule has 134 valence electrons. The van der Waals surface area contributed by atoms with Gasteiger partial charge in [-0.15, -0.1) is 0 Å². The Hall–Kier alpha value is -2.44. The summed E-state index contributed by atoms with van der Waals surface area (Å²) in [5.41, 5.74) is 2.11. The molecule has 0 spiro atoms. The van der Waals surface area contributed by atoms with Crippen molar-refractivity contribution in [2.24, 2.45) is 0 Å². The van der Waals surface area contributed by atoms with E-state index in [9.17, 15) is 14.3 Å². The van der Waals surface area contributed by atoms with Crippen LogP contribution in [-0.4, -0.2) is 36.7 Å². The van der Waals surface area contributed by atoms with Crippen LogP contribution in [-0.2, 0) is 13.1 Å². The summed E-state index contributed by atoms with van der Waals surface area (Å²) in [6.45, 7) is 0.526. The second kappa shape index (κ2) is 9.15. The minimum atomic E-state index is -0.486. The van der Waals surface area contributed by atoms with Crippen LogP contribution in [0.25, 0.3) is 0 Å². The van der Waals surface area contributed by atoms with Gasteiger partial charge in [-0.2, -0.15) is 0 Å². The van der Waals surface area contributed by atoms with E-state index in [0.29, 0.717) is 17.7 Å². The number of nitrogens with one attached hydrogen (secondary N) is 2. The van der Waals surface area contributed by atoms with Gasteiger partial charge in [0.2, 0.25) is 0 Å². The molecular formula is C19H24FN3O2. The van der Waals surface area contributed by atoms with Crippen LogP contribution in [0.1, 0.15) is 22.7 Å². The summed E-state index contributed by atoms with van der Waals surface area (Å²) in [6.07, 6.45) is 0. The molecule has 25 heavy (non-hydrogen) atoms. The first-order chi connectivity index (χ1) is 12.0. The molecule has 0 aromatic heterocycles. The third-order valence-corrected chi connectivity index (χ3v) is 3.75. The third kappa shape index (κ3) is 5.85. The molecule has 2 aromatic carbocycles. The summed E-state index contributed by atoms with van der Waals surface area (Å²) in [7, 11) is 3.76. The van der Waals surface area contributed by atoms with Gasteiger partial charge in [-0.1, -0.05) is 42.5 Å². The van der Waals surface area contributed by atoms with Gasteiger partial charge in [0.15, 0.2) is 0 Å². The van der Waals surface area contributed by atoms with Crippen LogP contribution in [0.2, 0.25) is 0 Å². The van der Waals surface area contributed by atoms with Gasteiger partial charge < -0.3 is 20.6 Å². The Morgan fingerprint density at radius 3 is 2.52 bits per heavy atom. The van der Waals surface area contributed by atoms with Gasteiger partial charge in [0, 0.05) is 18.7 Å². The maximum absolute atomic E-state index is 14.0. The summed E-state index contributed by atoms with van der Waals surface area (Å²) in [5, 5.41) is 14.8. The van der Waals surface area contributed by atoms with E-state index < -0.39 is 12.1 Å². The van der Waals surface area contributed by atoms with Crippen LogP contribution in [0.4, 0.5) is 9.18 Å². The molecule has 0 saturated heterocycles. The highest BCUT2D eigenvalue weighted by Crippen LogP contribution is 2.13.